The first kappa shape index (κ1) is 15.5. The van der Waals surface area contributed by atoms with Gasteiger partial charge in [0.05, 0.1) is 6.10 Å². The van der Waals surface area contributed by atoms with Gasteiger partial charge >= 0.3 is 6.09 Å². The van der Waals surface area contributed by atoms with Crippen LogP contribution in [-0.2, 0) is 11.2 Å². The summed E-state index contributed by atoms with van der Waals surface area (Å²) in [6.07, 6.45) is 0.558. The van der Waals surface area contributed by atoms with Gasteiger partial charge in [-0.2, -0.15) is 0 Å². The zero-order valence-corrected chi connectivity index (χ0v) is 12.1. The number of rotatable bonds is 4. The number of amides is 1. The maximum Gasteiger partial charge on any atom is 0.412 e. The van der Waals surface area contributed by atoms with Crippen molar-refractivity contribution >= 4 is 11.8 Å². The number of aliphatic hydroxyl groups is 1. The van der Waals surface area contributed by atoms with Crippen molar-refractivity contribution in [3.05, 3.63) is 29.8 Å². The van der Waals surface area contributed by atoms with Gasteiger partial charge in [-0.05, 0) is 52.2 Å². The van der Waals surface area contributed by atoms with E-state index in [-0.39, 0.29) is 6.10 Å². The number of aryl methyl sites for hydroxylation is 1. The zero-order valence-electron chi connectivity index (χ0n) is 12.1. The van der Waals surface area contributed by atoms with E-state index < -0.39 is 11.7 Å². The number of ether oxygens (including phenoxy) is 1. The van der Waals surface area contributed by atoms with Crippen LogP contribution in [0.5, 0.6) is 0 Å². The Hall–Kier alpha value is -1.55. The molecule has 0 aromatic heterocycles. The summed E-state index contributed by atoms with van der Waals surface area (Å²) in [7, 11) is 0. The number of benzene rings is 1. The van der Waals surface area contributed by atoms with Gasteiger partial charge in [0.2, 0.25) is 0 Å². The predicted molar refractivity (Wildman–Crippen MR) is 76.3 cm³/mol. The monoisotopic (exact) mass is 265 g/mol. The Bertz CT molecular complexity index is 422. The standard InChI is InChI=1S/C15H23NO3/c1-11(17)9-10-12-7-5-6-8-13(12)16-14(18)19-15(2,3)4/h5-8,11,17H,9-10H2,1-4H3,(H,16,18). The molecule has 1 unspecified atom stereocenters. The largest absolute Gasteiger partial charge is 0.444 e. The molecule has 0 aliphatic carbocycles. The zero-order chi connectivity index (χ0) is 14.5. The molecule has 0 saturated heterocycles. The predicted octanol–water partition coefficient (Wildman–Crippen LogP) is 3.35. The normalized spacial score (nSPS) is 12.9. The number of carbonyl (C=O) groups is 1. The Labute approximate surface area is 114 Å². The van der Waals surface area contributed by atoms with Gasteiger partial charge in [0.25, 0.3) is 0 Å². The lowest BCUT2D eigenvalue weighted by molar-refractivity contribution is 0.0636. The number of hydrogen-bond acceptors (Lipinski definition) is 3. The molecule has 2 N–H and O–H groups in total. The molecule has 19 heavy (non-hydrogen) atoms. The molecule has 4 nitrogen and oxygen atoms in total. The van der Waals surface area contributed by atoms with E-state index in [0.717, 1.165) is 11.3 Å². The third kappa shape index (κ3) is 6.25. The Morgan fingerprint density at radius 3 is 2.58 bits per heavy atom. The number of nitrogens with one attached hydrogen (secondary N) is 1. The van der Waals surface area contributed by atoms with Crippen LogP contribution in [0.15, 0.2) is 24.3 Å². The molecular weight excluding hydrogens is 242 g/mol. The number of aliphatic hydroxyl groups excluding tert-OH is 1. The van der Waals surface area contributed by atoms with Crippen molar-refractivity contribution in [2.24, 2.45) is 0 Å². The van der Waals surface area contributed by atoms with Crippen molar-refractivity contribution in [1.29, 1.82) is 0 Å². The van der Waals surface area contributed by atoms with E-state index in [9.17, 15) is 9.90 Å². The number of anilines is 1. The minimum atomic E-state index is -0.515. The number of hydrogen-bond donors (Lipinski definition) is 2. The topological polar surface area (TPSA) is 58.6 Å². The quantitative estimate of drug-likeness (QED) is 0.877. The van der Waals surface area contributed by atoms with Gasteiger partial charge in [-0.3, -0.25) is 5.32 Å². The molecule has 0 saturated carbocycles. The average Bonchev–Trinajstić information content (AvgIpc) is 2.25. The lowest BCUT2D eigenvalue weighted by Crippen LogP contribution is -2.27. The molecule has 0 aliphatic rings. The smallest absolute Gasteiger partial charge is 0.412 e. The van der Waals surface area contributed by atoms with Crippen LogP contribution in [0.4, 0.5) is 10.5 Å². The van der Waals surface area contributed by atoms with Crippen LogP contribution < -0.4 is 5.32 Å². The van der Waals surface area contributed by atoms with E-state index in [1.165, 1.54) is 0 Å². The van der Waals surface area contributed by atoms with Crippen molar-refractivity contribution in [2.45, 2.75) is 52.2 Å². The Kier molecular flexibility index (Phi) is 5.36. The van der Waals surface area contributed by atoms with Crippen LogP contribution in [0.3, 0.4) is 0 Å². The second kappa shape index (κ2) is 6.57. The first-order valence-electron chi connectivity index (χ1n) is 6.54. The second-order valence-electron chi connectivity index (χ2n) is 5.67. The molecule has 0 radical (unpaired) electrons. The molecule has 106 valence electrons. The minimum Gasteiger partial charge on any atom is -0.444 e. The fourth-order valence-corrected chi connectivity index (χ4v) is 1.64. The van der Waals surface area contributed by atoms with Crippen LogP contribution in [0.1, 0.15) is 39.7 Å². The molecule has 1 rings (SSSR count). The van der Waals surface area contributed by atoms with Crippen molar-refractivity contribution in [3.8, 4) is 0 Å². The first-order valence-corrected chi connectivity index (χ1v) is 6.54. The molecule has 1 atom stereocenters. The average molecular weight is 265 g/mol. The second-order valence-corrected chi connectivity index (χ2v) is 5.67. The van der Waals surface area contributed by atoms with Gasteiger partial charge in [0, 0.05) is 5.69 Å². The maximum atomic E-state index is 11.7. The maximum absolute atomic E-state index is 11.7. The van der Waals surface area contributed by atoms with Crippen LogP contribution in [0, 0.1) is 0 Å². The van der Waals surface area contributed by atoms with E-state index in [2.05, 4.69) is 5.32 Å². The number of para-hydroxylation sites is 1. The van der Waals surface area contributed by atoms with Crippen molar-refractivity contribution in [3.63, 3.8) is 0 Å². The minimum absolute atomic E-state index is 0.352. The third-order valence-electron chi connectivity index (χ3n) is 2.48. The van der Waals surface area contributed by atoms with E-state index in [0.29, 0.717) is 12.8 Å². The van der Waals surface area contributed by atoms with E-state index in [4.69, 9.17) is 4.74 Å². The SMILES string of the molecule is CC(O)CCc1ccccc1NC(=O)OC(C)(C)C. The highest BCUT2D eigenvalue weighted by Gasteiger charge is 2.17. The van der Waals surface area contributed by atoms with Gasteiger partial charge in [-0.15, -0.1) is 0 Å². The molecule has 0 aliphatic heterocycles. The van der Waals surface area contributed by atoms with E-state index >= 15 is 0 Å². The molecular formula is C15H23NO3. The van der Waals surface area contributed by atoms with Crippen LogP contribution >= 0.6 is 0 Å². The molecule has 1 amide bonds. The van der Waals surface area contributed by atoms with E-state index in [1.807, 2.05) is 45.0 Å². The fraction of sp³-hybridized carbons (Fsp3) is 0.533. The van der Waals surface area contributed by atoms with Crippen LogP contribution in [-0.4, -0.2) is 22.9 Å². The molecule has 0 heterocycles. The van der Waals surface area contributed by atoms with Gasteiger partial charge in [-0.25, -0.2) is 4.79 Å². The molecule has 1 aromatic carbocycles. The van der Waals surface area contributed by atoms with Crippen molar-refractivity contribution < 1.29 is 14.6 Å². The Balaban J connectivity index is 2.69. The third-order valence-corrected chi connectivity index (χ3v) is 2.48. The van der Waals surface area contributed by atoms with Crippen LogP contribution in [0.2, 0.25) is 0 Å². The molecule has 0 bridgehead atoms. The highest BCUT2D eigenvalue weighted by Crippen LogP contribution is 2.19. The Morgan fingerprint density at radius 2 is 2.00 bits per heavy atom. The lowest BCUT2D eigenvalue weighted by atomic mass is 10.1. The van der Waals surface area contributed by atoms with Crippen LogP contribution in [0.25, 0.3) is 0 Å². The summed E-state index contributed by atoms with van der Waals surface area (Å²) in [4.78, 5) is 11.7. The summed E-state index contributed by atoms with van der Waals surface area (Å²) >= 11 is 0. The Morgan fingerprint density at radius 1 is 1.37 bits per heavy atom. The van der Waals surface area contributed by atoms with Gasteiger partial charge in [0.1, 0.15) is 5.60 Å². The summed E-state index contributed by atoms with van der Waals surface area (Å²) in [5.74, 6) is 0. The lowest BCUT2D eigenvalue weighted by Gasteiger charge is -2.20. The molecule has 4 heteroatoms. The van der Waals surface area contributed by atoms with Crippen molar-refractivity contribution in [1.82, 2.24) is 0 Å². The highest BCUT2D eigenvalue weighted by molar-refractivity contribution is 5.85. The summed E-state index contributed by atoms with van der Waals surface area (Å²) in [5, 5.41) is 12.1. The summed E-state index contributed by atoms with van der Waals surface area (Å²) in [5.41, 5.74) is 1.21. The van der Waals surface area contributed by atoms with Gasteiger partial charge < -0.3 is 9.84 Å². The summed E-state index contributed by atoms with van der Waals surface area (Å²) in [6, 6.07) is 7.55. The van der Waals surface area contributed by atoms with Gasteiger partial charge in [0.15, 0.2) is 0 Å². The van der Waals surface area contributed by atoms with Crippen molar-refractivity contribution in [2.75, 3.05) is 5.32 Å². The van der Waals surface area contributed by atoms with E-state index in [1.54, 1.807) is 6.92 Å². The highest BCUT2D eigenvalue weighted by atomic mass is 16.6. The summed E-state index contributed by atoms with van der Waals surface area (Å²) in [6.45, 7) is 7.23. The first-order chi connectivity index (χ1) is 8.78. The summed E-state index contributed by atoms with van der Waals surface area (Å²) < 4.78 is 5.22. The number of carbonyl (C=O) groups excluding carboxylic acids is 1. The fourth-order valence-electron chi connectivity index (χ4n) is 1.64. The van der Waals surface area contributed by atoms with Gasteiger partial charge in [-0.1, -0.05) is 18.2 Å². The molecule has 0 fully saturated rings. The molecule has 0 spiro atoms. The molecule has 1 aromatic rings.